The summed E-state index contributed by atoms with van der Waals surface area (Å²) >= 11 is 5.89. The highest BCUT2D eigenvalue weighted by Gasteiger charge is 2.46. The Morgan fingerprint density at radius 1 is 1.32 bits per heavy atom. The number of ether oxygens (including phenoxy) is 1. The molecule has 2 N–H and O–H groups in total. The number of hydrogen-bond acceptors (Lipinski definition) is 4. The van der Waals surface area contributed by atoms with E-state index in [-0.39, 0.29) is 6.54 Å². The number of aromatic nitrogens is 2. The molecule has 1 aromatic heterocycles. The Bertz CT molecular complexity index is 584. The van der Waals surface area contributed by atoms with E-state index in [2.05, 4.69) is 10.3 Å². The summed E-state index contributed by atoms with van der Waals surface area (Å²) in [4.78, 5) is 4.01. The third-order valence-corrected chi connectivity index (χ3v) is 3.90. The zero-order valence-corrected chi connectivity index (χ0v) is 13.8. The molecule has 0 radical (unpaired) electrons. The van der Waals surface area contributed by atoms with Crippen LogP contribution in [-0.2, 0) is 6.54 Å². The number of hydrogen-bond donors (Lipinski definition) is 2. The zero-order valence-electron chi connectivity index (χ0n) is 13.1. The van der Waals surface area contributed by atoms with Crippen LogP contribution in [0, 0.1) is 0 Å². The molecule has 0 bridgehead atoms. The van der Waals surface area contributed by atoms with Crippen LogP contribution in [0.3, 0.4) is 0 Å². The first kappa shape index (κ1) is 16.8. The Balaban J connectivity index is 2.29. The van der Waals surface area contributed by atoms with Gasteiger partial charge in [-0.3, -0.25) is 0 Å². The first-order chi connectivity index (χ1) is 10.4. The van der Waals surface area contributed by atoms with Crippen molar-refractivity contribution in [3.8, 4) is 5.75 Å². The van der Waals surface area contributed by atoms with E-state index in [1.807, 2.05) is 20.8 Å². The van der Waals surface area contributed by atoms with Crippen molar-refractivity contribution in [1.82, 2.24) is 14.9 Å². The number of nitrogens with zero attached hydrogens (tertiary/aromatic N) is 2. The summed E-state index contributed by atoms with van der Waals surface area (Å²) in [5, 5.41) is 15.1. The van der Waals surface area contributed by atoms with Gasteiger partial charge in [0.2, 0.25) is 5.79 Å². The summed E-state index contributed by atoms with van der Waals surface area (Å²) in [5.74, 6) is -0.907. The van der Waals surface area contributed by atoms with Crippen molar-refractivity contribution in [3.05, 3.63) is 48.0 Å². The zero-order chi connectivity index (χ0) is 16.2. The number of nitrogens with one attached hydrogen (secondary N) is 1. The van der Waals surface area contributed by atoms with Gasteiger partial charge in [0.25, 0.3) is 0 Å². The van der Waals surface area contributed by atoms with Crippen molar-refractivity contribution in [2.75, 3.05) is 6.54 Å². The fourth-order valence-electron chi connectivity index (χ4n) is 2.26. The molecular formula is C16H22ClN3O2. The van der Waals surface area contributed by atoms with Crippen LogP contribution in [0.2, 0.25) is 5.02 Å². The minimum absolute atomic E-state index is 0.246. The van der Waals surface area contributed by atoms with Gasteiger partial charge in [-0.2, -0.15) is 0 Å². The minimum atomic E-state index is -1.46. The average Bonchev–Trinajstić information content (AvgIpc) is 2.94. The normalized spacial score (nSPS) is 14.6. The van der Waals surface area contributed by atoms with Gasteiger partial charge in [-0.25, -0.2) is 4.98 Å². The molecule has 0 aliphatic rings. The molecule has 0 saturated heterocycles. The molecule has 0 spiro atoms. The number of benzene rings is 1. The van der Waals surface area contributed by atoms with Crippen LogP contribution in [0.25, 0.3) is 0 Å². The lowest BCUT2D eigenvalue weighted by molar-refractivity contribution is -0.198. The van der Waals surface area contributed by atoms with Crippen molar-refractivity contribution in [2.24, 2.45) is 0 Å². The molecule has 2 rings (SSSR count). The van der Waals surface area contributed by atoms with E-state index in [1.54, 1.807) is 47.6 Å². The Labute approximate surface area is 135 Å². The molecule has 22 heavy (non-hydrogen) atoms. The Hall–Kier alpha value is -1.56. The highest BCUT2D eigenvalue weighted by Crippen LogP contribution is 2.29. The second-order valence-electron chi connectivity index (χ2n) is 5.73. The summed E-state index contributed by atoms with van der Waals surface area (Å²) in [7, 11) is 0. The van der Waals surface area contributed by atoms with Gasteiger partial charge in [0.05, 0.1) is 18.4 Å². The molecule has 0 aliphatic heterocycles. The van der Waals surface area contributed by atoms with Crippen molar-refractivity contribution < 1.29 is 9.84 Å². The lowest BCUT2D eigenvalue weighted by Gasteiger charge is -2.42. The summed E-state index contributed by atoms with van der Waals surface area (Å²) in [6.45, 7) is 6.76. The van der Waals surface area contributed by atoms with Crippen molar-refractivity contribution in [2.45, 2.75) is 38.6 Å². The number of rotatable bonds is 7. The van der Waals surface area contributed by atoms with E-state index in [9.17, 15) is 5.11 Å². The SMILES string of the molecule is CCNC(C)(C)C(O)(Cn1ccnc1)Oc1ccc(Cl)cc1. The predicted octanol–water partition coefficient (Wildman–Crippen LogP) is 2.69. The second-order valence-corrected chi connectivity index (χ2v) is 6.17. The molecular weight excluding hydrogens is 302 g/mol. The van der Waals surface area contributed by atoms with Crippen LogP contribution in [0.5, 0.6) is 5.75 Å². The van der Waals surface area contributed by atoms with Crippen LogP contribution >= 0.6 is 11.6 Å². The van der Waals surface area contributed by atoms with E-state index in [0.717, 1.165) is 0 Å². The number of likely N-dealkylation sites (N-methyl/N-ethyl adjacent to an activating group) is 1. The summed E-state index contributed by atoms with van der Waals surface area (Å²) in [6.07, 6.45) is 5.11. The molecule has 2 aromatic rings. The topological polar surface area (TPSA) is 59.3 Å². The summed E-state index contributed by atoms with van der Waals surface area (Å²) in [5.41, 5.74) is -0.675. The fraction of sp³-hybridized carbons (Fsp3) is 0.438. The van der Waals surface area contributed by atoms with Gasteiger partial charge in [-0.1, -0.05) is 18.5 Å². The maximum atomic E-state index is 11.2. The van der Waals surface area contributed by atoms with Crippen LogP contribution < -0.4 is 10.1 Å². The molecule has 0 saturated carbocycles. The maximum absolute atomic E-state index is 11.2. The molecule has 1 aromatic carbocycles. The molecule has 5 nitrogen and oxygen atoms in total. The lowest BCUT2D eigenvalue weighted by Crippen LogP contribution is -2.64. The first-order valence-electron chi connectivity index (χ1n) is 7.24. The van der Waals surface area contributed by atoms with E-state index < -0.39 is 11.3 Å². The van der Waals surface area contributed by atoms with Gasteiger partial charge in [0.1, 0.15) is 5.75 Å². The summed E-state index contributed by atoms with van der Waals surface area (Å²) in [6, 6.07) is 6.94. The maximum Gasteiger partial charge on any atom is 0.243 e. The van der Waals surface area contributed by atoms with Crippen molar-refractivity contribution >= 4 is 11.6 Å². The fourth-order valence-corrected chi connectivity index (χ4v) is 2.39. The predicted molar refractivity (Wildman–Crippen MR) is 87.0 cm³/mol. The van der Waals surface area contributed by atoms with E-state index in [1.165, 1.54) is 0 Å². The Kier molecular flexibility index (Phi) is 5.11. The monoisotopic (exact) mass is 323 g/mol. The molecule has 0 aliphatic carbocycles. The molecule has 1 atom stereocenters. The lowest BCUT2D eigenvalue weighted by atomic mass is 9.92. The van der Waals surface area contributed by atoms with Gasteiger partial charge in [-0.05, 0) is 44.7 Å². The molecule has 1 unspecified atom stereocenters. The summed E-state index contributed by atoms with van der Waals surface area (Å²) < 4.78 is 7.72. The molecule has 6 heteroatoms. The van der Waals surface area contributed by atoms with Crippen LogP contribution in [0.1, 0.15) is 20.8 Å². The van der Waals surface area contributed by atoms with Crippen molar-refractivity contribution in [3.63, 3.8) is 0 Å². The van der Waals surface area contributed by atoms with Crippen LogP contribution in [-0.4, -0.2) is 32.5 Å². The van der Waals surface area contributed by atoms with Crippen molar-refractivity contribution in [1.29, 1.82) is 0 Å². The Morgan fingerprint density at radius 3 is 2.55 bits per heavy atom. The van der Waals surface area contributed by atoms with E-state index >= 15 is 0 Å². The smallest absolute Gasteiger partial charge is 0.243 e. The molecule has 0 fully saturated rings. The van der Waals surface area contributed by atoms with Gasteiger partial charge >= 0.3 is 0 Å². The highest BCUT2D eigenvalue weighted by molar-refractivity contribution is 6.30. The highest BCUT2D eigenvalue weighted by atomic mass is 35.5. The standard InChI is InChI=1S/C16H22ClN3O2/c1-4-19-15(2,3)16(21,11-20-10-9-18-12-20)22-14-7-5-13(17)6-8-14/h5-10,12,19,21H,4,11H2,1-3H3. The molecule has 120 valence electrons. The van der Waals surface area contributed by atoms with E-state index in [0.29, 0.717) is 17.3 Å². The molecule has 0 amide bonds. The minimum Gasteiger partial charge on any atom is -0.459 e. The largest absolute Gasteiger partial charge is 0.459 e. The van der Waals surface area contributed by atoms with Crippen LogP contribution in [0.15, 0.2) is 43.0 Å². The van der Waals surface area contributed by atoms with E-state index in [4.69, 9.17) is 16.3 Å². The van der Waals surface area contributed by atoms with Gasteiger partial charge < -0.3 is 19.7 Å². The Morgan fingerprint density at radius 2 is 2.00 bits per heavy atom. The van der Waals surface area contributed by atoms with Gasteiger partial charge in [-0.15, -0.1) is 0 Å². The third-order valence-electron chi connectivity index (χ3n) is 3.65. The number of imidazole rings is 1. The average molecular weight is 324 g/mol. The number of aliphatic hydroxyl groups is 1. The quantitative estimate of drug-likeness (QED) is 0.769. The van der Waals surface area contributed by atoms with Gasteiger partial charge in [0, 0.05) is 17.4 Å². The third kappa shape index (κ3) is 3.80. The van der Waals surface area contributed by atoms with Gasteiger partial charge in [0.15, 0.2) is 0 Å². The number of halogens is 1. The first-order valence-corrected chi connectivity index (χ1v) is 7.62. The second kappa shape index (κ2) is 6.69. The van der Waals surface area contributed by atoms with Crippen LogP contribution in [0.4, 0.5) is 0 Å². The molecule has 1 heterocycles.